The van der Waals surface area contributed by atoms with E-state index < -0.39 is 31.0 Å². The average molecular weight is 192 g/mol. The zero-order valence-corrected chi connectivity index (χ0v) is 7.20. The highest BCUT2D eigenvalue weighted by molar-refractivity contribution is 5.99. The third kappa shape index (κ3) is 3.41. The van der Waals surface area contributed by atoms with Gasteiger partial charge in [-0.15, -0.1) is 0 Å². The quantitative estimate of drug-likeness (QED) is 0.254. The molecule has 0 amide bonds. The zero-order chi connectivity index (χ0) is 10.4. The van der Waals surface area contributed by atoms with Crippen LogP contribution in [0.4, 0.5) is 0 Å². The molecule has 0 spiro atoms. The fourth-order valence-corrected chi connectivity index (χ4v) is 0.805. The molecule has 0 rings (SSSR count). The first kappa shape index (κ1) is 12.5. The third-order valence-corrected chi connectivity index (χ3v) is 1.67. The van der Waals surface area contributed by atoms with Crippen molar-refractivity contribution in [3.8, 4) is 0 Å². The molecule has 7 heteroatoms. The van der Waals surface area contributed by atoms with Crippen LogP contribution in [0.5, 0.6) is 0 Å². The second-order valence-corrected chi connectivity index (χ2v) is 2.57. The Bertz CT molecular complexity index is 154. The lowest BCUT2D eigenvalue weighted by atomic mass is 10.0. The highest BCUT2D eigenvalue weighted by Crippen LogP contribution is 2.05. The van der Waals surface area contributed by atoms with Crippen LogP contribution in [-0.2, 0) is 9.45 Å². The second kappa shape index (κ2) is 6.06. The van der Waals surface area contributed by atoms with Crippen molar-refractivity contribution in [1.82, 2.24) is 0 Å². The van der Waals surface area contributed by atoms with Crippen molar-refractivity contribution in [3.05, 3.63) is 0 Å². The molecule has 0 radical (unpaired) electrons. The van der Waals surface area contributed by atoms with Crippen molar-refractivity contribution in [3.63, 3.8) is 0 Å². The fraction of sp³-hybridized carbons (Fsp3) is 0.833. The third-order valence-electron chi connectivity index (χ3n) is 1.67. The van der Waals surface area contributed by atoms with Gasteiger partial charge in [-0.2, -0.15) is 0 Å². The summed E-state index contributed by atoms with van der Waals surface area (Å²) in [7, 11) is 1.18. The molecule has 13 heavy (non-hydrogen) atoms. The summed E-state index contributed by atoms with van der Waals surface area (Å²) in [5.41, 5.74) is 0. The Balaban J connectivity index is 4.21. The van der Waals surface area contributed by atoms with Crippen molar-refractivity contribution < 1.29 is 29.9 Å². The van der Waals surface area contributed by atoms with E-state index in [1.165, 1.54) is 8.05 Å². The van der Waals surface area contributed by atoms with E-state index in [9.17, 15) is 9.90 Å². The van der Waals surface area contributed by atoms with E-state index in [1.54, 1.807) is 0 Å². The van der Waals surface area contributed by atoms with Gasteiger partial charge in [0.1, 0.15) is 30.7 Å². The van der Waals surface area contributed by atoms with Crippen LogP contribution in [0, 0.1) is 0 Å². The maximum absolute atomic E-state index is 10.3. The minimum absolute atomic E-state index is 0.304. The molecule has 0 aromatic carbocycles. The van der Waals surface area contributed by atoms with E-state index in [0.29, 0.717) is 6.29 Å². The summed E-state index contributed by atoms with van der Waals surface area (Å²) in [5, 5.41) is 35.7. The van der Waals surface area contributed by atoms with Crippen molar-refractivity contribution >= 4 is 14.3 Å². The summed E-state index contributed by atoms with van der Waals surface area (Å²) in [6.07, 6.45) is -5.56. The van der Waals surface area contributed by atoms with Crippen LogP contribution in [0.2, 0.25) is 0 Å². The van der Waals surface area contributed by atoms with E-state index in [1.807, 2.05) is 0 Å². The largest absolute Gasteiger partial charge is 0.433 e. The number of aliphatic hydroxyl groups excluding tert-OH is 4. The molecule has 0 aliphatic rings. The van der Waals surface area contributed by atoms with E-state index in [-0.39, 0.29) is 0 Å². The van der Waals surface area contributed by atoms with Gasteiger partial charge in [-0.25, -0.2) is 0 Å². The molecule has 0 aromatic rings. The Labute approximate surface area is 76.2 Å². The number of hydrogen-bond donors (Lipinski definition) is 4. The normalized spacial score (nSPS) is 20.3. The monoisotopic (exact) mass is 192 g/mol. The van der Waals surface area contributed by atoms with E-state index >= 15 is 0 Å². The zero-order valence-electron chi connectivity index (χ0n) is 7.20. The standard InChI is InChI=1S/C6H13BO6/c7-13-4(2-9)6(12)5(11)3(10)1-8/h2-6,8,10-12H,1,7H2/t3-,4+,5-,6-/m1/s1. The van der Waals surface area contributed by atoms with Crippen LogP contribution in [0.3, 0.4) is 0 Å². The predicted octanol–water partition coefficient (Wildman–Crippen LogP) is -3.81. The van der Waals surface area contributed by atoms with Crippen LogP contribution in [0.25, 0.3) is 0 Å². The summed E-state index contributed by atoms with van der Waals surface area (Å²) in [4.78, 5) is 10.3. The summed E-state index contributed by atoms with van der Waals surface area (Å²) < 4.78 is 4.51. The van der Waals surface area contributed by atoms with Crippen LogP contribution in [0.15, 0.2) is 0 Å². The lowest BCUT2D eigenvalue weighted by Gasteiger charge is -2.24. The number of hydrogen-bond acceptors (Lipinski definition) is 6. The van der Waals surface area contributed by atoms with Gasteiger partial charge in [0.25, 0.3) is 8.05 Å². The highest BCUT2D eigenvalue weighted by atomic mass is 16.5. The van der Waals surface area contributed by atoms with Crippen LogP contribution in [-0.4, -0.2) is 65.8 Å². The number of rotatable bonds is 6. The molecule has 4 N–H and O–H groups in total. The minimum Gasteiger partial charge on any atom is -0.433 e. The summed E-state index contributed by atoms with van der Waals surface area (Å²) in [5.74, 6) is 0. The molecule has 0 heterocycles. The molecule has 0 saturated heterocycles. The van der Waals surface area contributed by atoms with Gasteiger partial charge in [0.05, 0.1) is 6.61 Å². The second-order valence-electron chi connectivity index (χ2n) is 2.57. The molecular weight excluding hydrogens is 179 g/mol. The van der Waals surface area contributed by atoms with Gasteiger partial charge in [0.2, 0.25) is 0 Å². The van der Waals surface area contributed by atoms with Gasteiger partial charge >= 0.3 is 0 Å². The minimum atomic E-state index is -1.61. The van der Waals surface area contributed by atoms with Gasteiger partial charge in [0.15, 0.2) is 0 Å². The van der Waals surface area contributed by atoms with E-state index in [2.05, 4.69) is 4.65 Å². The molecule has 76 valence electrons. The molecule has 0 bridgehead atoms. The predicted molar refractivity (Wildman–Crippen MR) is 44.6 cm³/mol. The first-order valence-corrected chi connectivity index (χ1v) is 3.71. The SMILES string of the molecule is BO[C@@H](C=O)[C@@H](O)[C@H](O)[C@H](O)CO. The van der Waals surface area contributed by atoms with Gasteiger partial charge in [-0.05, 0) is 0 Å². The summed E-state index contributed by atoms with van der Waals surface area (Å²) in [6.45, 7) is -0.701. The Morgan fingerprint density at radius 1 is 1.31 bits per heavy atom. The molecule has 4 atom stereocenters. The smallest absolute Gasteiger partial charge is 0.258 e. The van der Waals surface area contributed by atoms with Gasteiger partial charge in [-0.3, -0.25) is 0 Å². The summed E-state index contributed by atoms with van der Waals surface area (Å²) in [6, 6.07) is 0. The molecule has 0 aliphatic carbocycles. The van der Waals surface area contributed by atoms with Crippen LogP contribution < -0.4 is 0 Å². The van der Waals surface area contributed by atoms with E-state index in [0.717, 1.165) is 0 Å². The maximum Gasteiger partial charge on any atom is 0.258 e. The molecule has 0 saturated carbocycles. The van der Waals surface area contributed by atoms with Gasteiger partial charge < -0.3 is 29.9 Å². The van der Waals surface area contributed by atoms with Crippen molar-refractivity contribution in [2.45, 2.75) is 24.4 Å². The molecular formula is C6H13BO6. The Hall–Kier alpha value is -0.465. The molecule has 0 aliphatic heterocycles. The molecule has 0 fully saturated rings. The van der Waals surface area contributed by atoms with Crippen molar-refractivity contribution in [1.29, 1.82) is 0 Å². The average Bonchev–Trinajstić information content (AvgIpc) is 2.17. The number of carbonyl (C=O) groups excluding carboxylic acids is 1. The Kier molecular flexibility index (Phi) is 5.84. The summed E-state index contributed by atoms with van der Waals surface area (Å²) >= 11 is 0. The van der Waals surface area contributed by atoms with Crippen molar-refractivity contribution in [2.75, 3.05) is 6.61 Å². The van der Waals surface area contributed by atoms with E-state index in [4.69, 9.17) is 15.3 Å². The molecule has 0 aromatic heterocycles. The maximum atomic E-state index is 10.3. The van der Waals surface area contributed by atoms with Crippen LogP contribution in [0.1, 0.15) is 0 Å². The lowest BCUT2D eigenvalue weighted by molar-refractivity contribution is -0.132. The molecule has 0 unspecified atom stereocenters. The number of aldehydes is 1. The lowest BCUT2D eigenvalue weighted by Crippen LogP contribution is -2.47. The Morgan fingerprint density at radius 3 is 2.15 bits per heavy atom. The van der Waals surface area contributed by atoms with Crippen LogP contribution >= 0.6 is 0 Å². The van der Waals surface area contributed by atoms with Crippen molar-refractivity contribution in [2.24, 2.45) is 0 Å². The highest BCUT2D eigenvalue weighted by Gasteiger charge is 2.30. The molecule has 6 nitrogen and oxygen atoms in total. The first-order valence-electron chi connectivity index (χ1n) is 3.71. The number of aliphatic hydroxyl groups is 4. The fourth-order valence-electron chi connectivity index (χ4n) is 0.805. The Morgan fingerprint density at radius 2 is 1.85 bits per heavy atom. The number of carbonyl (C=O) groups is 1. The first-order chi connectivity index (χ1) is 6.08. The van der Waals surface area contributed by atoms with Gasteiger partial charge in [-0.1, -0.05) is 0 Å². The topological polar surface area (TPSA) is 107 Å². The van der Waals surface area contributed by atoms with Gasteiger partial charge in [0, 0.05) is 0 Å².